The maximum atomic E-state index is 13.6. The molecule has 8 rings (SSSR count). The van der Waals surface area contributed by atoms with Gasteiger partial charge in [-0.05, 0) is 111 Å². The number of halogens is 1. The molecule has 18 nitrogen and oxygen atoms in total. The number of carbonyl (C=O) groups is 6. The molecule has 2 fully saturated rings. The van der Waals surface area contributed by atoms with Crippen LogP contribution in [0.1, 0.15) is 120 Å². The molecule has 2 aliphatic heterocycles. The number of sulfone groups is 2. The van der Waals surface area contributed by atoms with Crippen molar-refractivity contribution < 1.29 is 72.8 Å². The first kappa shape index (κ1) is 45.9. The summed E-state index contributed by atoms with van der Waals surface area (Å²) < 4.78 is 114. The first-order valence-corrected chi connectivity index (χ1v) is 26.0. The van der Waals surface area contributed by atoms with Gasteiger partial charge in [0.15, 0.2) is 23.0 Å². The number of ether oxygens (including phenoxy) is 4. The lowest BCUT2D eigenvalue weighted by molar-refractivity contribution is -0.117. The molecule has 2 saturated carbocycles. The van der Waals surface area contributed by atoms with Crippen molar-refractivity contribution in [2.24, 2.45) is 11.8 Å². The van der Waals surface area contributed by atoms with E-state index in [9.17, 15) is 45.6 Å². The van der Waals surface area contributed by atoms with E-state index in [4.69, 9.17) is 44.5 Å². The van der Waals surface area contributed by atoms with E-state index in [0.717, 1.165) is 48.0 Å². The van der Waals surface area contributed by atoms with Gasteiger partial charge in [-0.2, -0.15) is 0 Å². The molecule has 4 aromatic carbocycles. The molecule has 2 aliphatic carbocycles. The number of nitrogen functional groups attached to an aromatic ring is 1. The van der Waals surface area contributed by atoms with Gasteiger partial charge in [-0.1, -0.05) is 31.7 Å². The van der Waals surface area contributed by atoms with Gasteiger partial charge in [0.1, 0.15) is 19.7 Å². The highest BCUT2D eigenvalue weighted by Crippen LogP contribution is 2.41. The predicted molar refractivity (Wildman–Crippen MR) is 263 cm³/mol. The number of hydrogen-bond donors (Lipinski definition) is 2. The monoisotopic (exact) mass is 1030 g/mol. The molecular formula is C49H57ClN4O14S2. The molecule has 376 valence electrons. The summed E-state index contributed by atoms with van der Waals surface area (Å²) in [7, 11) is -12.9. The summed E-state index contributed by atoms with van der Waals surface area (Å²) in [5.74, 6) is -4.27. The maximum absolute atomic E-state index is 13.6. The molecule has 4 aromatic rings. The molecule has 0 saturated heterocycles. The van der Waals surface area contributed by atoms with E-state index in [1.165, 1.54) is 72.8 Å². The first-order valence-electron chi connectivity index (χ1n) is 24.5. The number of nitrogens with one attached hydrogen (secondary N) is 1. The lowest BCUT2D eigenvalue weighted by Gasteiger charge is -2.27. The zero-order chi connectivity index (χ0) is 55.5. The highest BCUT2D eigenvalue weighted by atomic mass is 35.5. The molecule has 70 heavy (non-hydrogen) atoms. The fourth-order valence-corrected chi connectivity index (χ4v) is 9.62. The number of nitrogens with zero attached hydrogens (tertiary/aromatic N) is 2. The van der Waals surface area contributed by atoms with Crippen molar-refractivity contribution >= 4 is 77.4 Å². The van der Waals surface area contributed by atoms with Crippen LogP contribution in [0.4, 0.5) is 11.4 Å². The molecule has 0 aromatic heterocycles. The largest absolute Gasteiger partial charge is 0.493 e. The Morgan fingerprint density at radius 3 is 1.51 bits per heavy atom. The number of carbonyl (C=O) groups excluding carboxylic acids is 6. The van der Waals surface area contributed by atoms with Crippen molar-refractivity contribution in [2.75, 3.05) is 62.4 Å². The molecule has 4 aliphatic rings. The summed E-state index contributed by atoms with van der Waals surface area (Å²) >= 11 is 5.04. The SMILES string of the molecule is C.O=C(Cl)C1CC1.[2H]C([2H])([2H])Oc1ccc([C@@H](CS(C)(=O)=O)N2C(=O)c3cccc(N)c3C2=O)cc1OCC.[2H]C([2H])([2H])Oc1ccc([C@@H](CS(C)(=O)=O)N2C(=O)c3cccc(NC(=O)C4CC4)c3C2=O)cc1OCC. The van der Waals surface area contributed by atoms with E-state index in [1.807, 2.05) is 0 Å². The number of methoxy groups -OCH3 is 2. The van der Waals surface area contributed by atoms with Crippen LogP contribution in [0.25, 0.3) is 0 Å². The summed E-state index contributed by atoms with van der Waals surface area (Å²) in [6.45, 7) is 3.66. The lowest BCUT2D eigenvalue weighted by atomic mass is 10.1. The van der Waals surface area contributed by atoms with Crippen molar-refractivity contribution in [1.82, 2.24) is 9.80 Å². The van der Waals surface area contributed by atoms with Crippen LogP contribution in [0.2, 0.25) is 0 Å². The Hall–Kier alpha value is -6.51. The molecule has 5 amide bonds. The molecular weight excluding hydrogens is 968 g/mol. The number of benzene rings is 4. The third-order valence-electron chi connectivity index (χ3n) is 11.1. The second kappa shape index (κ2) is 22.5. The second-order valence-corrected chi connectivity index (χ2v) is 21.2. The standard InChI is InChI=1S/C24H26N2O7S.C20H22N2O6S.C4H5ClO.CH4/c1-4-33-20-12-15(10-11-19(20)32-2)18(13-34(3,30)31)26-23(28)16-6-5-7-17(21(16)24(26)29)25-22(27)14-8-9-14;1-4-28-17-10-12(8-9-16(17)27-2)15(11-29(3,25)26)22-19(23)13-6-5-7-14(21)18(13)20(22)24;5-4(6)3-1-2-3;/h5-7,10-12,14,18H,4,8-9,13H2,1-3H3,(H,25,27);5-10,15H,4,11,21H2,1-3H3;3H,1-2H2;1H4/t18-;15-;;/m11../s1/i2*2D3;;. The number of fused-ring (bicyclic) bond motifs is 2. The van der Waals surface area contributed by atoms with E-state index >= 15 is 0 Å². The number of imide groups is 2. The Bertz CT molecular complexity index is 3150. The highest BCUT2D eigenvalue weighted by molar-refractivity contribution is 7.90. The Kier molecular flexibility index (Phi) is 14.8. The smallest absolute Gasteiger partial charge is 0.264 e. The minimum atomic E-state index is -3.72. The number of hydrogen-bond acceptors (Lipinski definition) is 15. The van der Waals surface area contributed by atoms with Crippen LogP contribution >= 0.6 is 11.6 Å². The zero-order valence-electron chi connectivity index (χ0n) is 43.8. The van der Waals surface area contributed by atoms with Gasteiger partial charge in [-0.15, -0.1) is 0 Å². The van der Waals surface area contributed by atoms with Crippen LogP contribution in [0.15, 0.2) is 72.8 Å². The summed E-state index contributed by atoms with van der Waals surface area (Å²) in [4.78, 5) is 77.2. The molecule has 3 N–H and O–H groups in total. The van der Waals surface area contributed by atoms with Gasteiger partial charge >= 0.3 is 0 Å². The van der Waals surface area contributed by atoms with Crippen LogP contribution in [0.3, 0.4) is 0 Å². The number of rotatable bonds is 17. The normalized spacial score (nSPS) is 17.4. The third kappa shape index (κ3) is 12.6. The van der Waals surface area contributed by atoms with E-state index in [1.54, 1.807) is 13.8 Å². The van der Waals surface area contributed by atoms with E-state index < -0.39 is 81.0 Å². The number of amides is 5. The quantitative estimate of drug-likeness (QED) is 0.0636. The van der Waals surface area contributed by atoms with E-state index in [-0.39, 0.29) is 111 Å². The summed E-state index contributed by atoms with van der Waals surface area (Å²) in [6.07, 6.45) is 5.50. The van der Waals surface area contributed by atoms with E-state index in [2.05, 4.69) is 5.32 Å². The van der Waals surface area contributed by atoms with Crippen LogP contribution in [0, 0.1) is 11.8 Å². The van der Waals surface area contributed by atoms with Crippen molar-refractivity contribution in [1.29, 1.82) is 0 Å². The van der Waals surface area contributed by atoms with Crippen LogP contribution in [-0.2, 0) is 29.3 Å². The zero-order valence-corrected chi connectivity index (χ0v) is 40.2. The average molecular weight is 1030 g/mol. The molecule has 2 heterocycles. The Labute approximate surface area is 421 Å². The van der Waals surface area contributed by atoms with Gasteiger partial charge in [0, 0.05) is 30.0 Å². The van der Waals surface area contributed by atoms with Crippen molar-refractivity contribution in [3.05, 3.63) is 106 Å². The van der Waals surface area contributed by atoms with Gasteiger partial charge in [-0.3, -0.25) is 38.6 Å². The van der Waals surface area contributed by atoms with Gasteiger partial charge in [0.05, 0.1) is 87.0 Å². The Morgan fingerprint density at radius 2 is 1.13 bits per heavy atom. The Morgan fingerprint density at radius 1 is 0.686 bits per heavy atom. The summed E-state index contributed by atoms with van der Waals surface area (Å²) in [5, 5.41) is 2.55. The molecule has 0 unspecified atom stereocenters. The van der Waals surface area contributed by atoms with Gasteiger partial charge in [0.25, 0.3) is 23.6 Å². The van der Waals surface area contributed by atoms with Crippen molar-refractivity contribution in [3.63, 3.8) is 0 Å². The molecule has 2 atom stereocenters. The second-order valence-electron chi connectivity index (χ2n) is 16.5. The Balaban J connectivity index is 0.000000251. The fourth-order valence-electron chi connectivity index (χ4n) is 7.58. The number of nitrogens with two attached hydrogens (primary N) is 1. The van der Waals surface area contributed by atoms with E-state index in [0.29, 0.717) is 0 Å². The average Bonchev–Trinajstić information content (AvgIpc) is 4.23. The van der Waals surface area contributed by atoms with Crippen LogP contribution in [0.5, 0.6) is 23.0 Å². The lowest BCUT2D eigenvalue weighted by Crippen LogP contribution is -2.37. The predicted octanol–water partition coefficient (Wildman–Crippen LogP) is 6.68. The highest BCUT2D eigenvalue weighted by Gasteiger charge is 2.45. The maximum Gasteiger partial charge on any atom is 0.264 e. The molecule has 21 heteroatoms. The van der Waals surface area contributed by atoms with Crippen LogP contribution in [-0.4, -0.2) is 113 Å². The first-order chi connectivity index (χ1) is 34.9. The minimum Gasteiger partial charge on any atom is -0.493 e. The molecule has 0 spiro atoms. The van der Waals surface area contributed by atoms with Crippen LogP contribution < -0.4 is 30.0 Å². The third-order valence-corrected chi connectivity index (χ3v) is 13.2. The van der Waals surface area contributed by atoms with Crippen molar-refractivity contribution in [3.8, 4) is 23.0 Å². The van der Waals surface area contributed by atoms with Gasteiger partial charge in [0.2, 0.25) is 11.1 Å². The number of anilines is 2. The topological polar surface area (TPSA) is 252 Å². The fraction of sp³-hybridized carbons (Fsp3) is 0.388. The van der Waals surface area contributed by atoms with Gasteiger partial charge < -0.3 is 30.0 Å². The molecule has 0 bridgehead atoms. The van der Waals surface area contributed by atoms with Crippen molar-refractivity contribution in [2.45, 2.75) is 59.0 Å². The minimum absolute atomic E-state index is 0. The summed E-state index contributed by atoms with van der Waals surface area (Å²) in [5.41, 5.74) is 6.80. The van der Waals surface area contributed by atoms with Gasteiger partial charge in [-0.25, -0.2) is 16.8 Å². The molecule has 0 radical (unpaired) electrons. The summed E-state index contributed by atoms with van der Waals surface area (Å²) in [6, 6.07) is 14.6.